The number of nitrogens with one attached hydrogen (secondary N) is 1. The number of hydrogen-bond acceptors (Lipinski definition) is 4. The largest absolute Gasteiger partial charge is 0.360 e. The lowest BCUT2D eigenvalue weighted by molar-refractivity contribution is 0.0119. The smallest absolute Gasteiger partial charge is 0.329 e. The predicted octanol–water partition coefficient (Wildman–Crippen LogP) is 3.90. The van der Waals surface area contributed by atoms with Crippen LogP contribution in [-0.2, 0) is 21.1 Å². The van der Waals surface area contributed by atoms with Crippen LogP contribution in [0.1, 0.15) is 28.5 Å². The molecule has 4 atom stereocenters. The van der Waals surface area contributed by atoms with Crippen LogP contribution >= 0.6 is 0 Å². The third-order valence-corrected chi connectivity index (χ3v) is 8.50. The highest BCUT2D eigenvalue weighted by Gasteiger charge is 2.45. The summed E-state index contributed by atoms with van der Waals surface area (Å²) in [5, 5.41) is -1.85. The number of halogens is 1. The zero-order chi connectivity index (χ0) is 25.1. The minimum Gasteiger partial charge on any atom is -0.360 e. The molecule has 184 valence electrons. The van der Waals surface area contributed by atoms with E-state index >= 15 is 4.39 Å². The van der Waals surface area contributed by atoms with Crippen molar-refractivity contribution in [3.05, 3.63) is 141 Å². The van der Waals surface area contributed by atoms with Crippen molar-refractivity contribution < 1.29 is 13.3 Å². The SMILES string of the molecule is O=c1ccn([C@H]2[C@H](F)CC(COC(c3ccccc3)(c3ccccc3)c3ccccc3)S2=O)c(=O)[nH]1. The van der Waals surface area contributed by atoms with E-state index < -0.39 is 44.4 Å². The van der Waals surface area contributed by atoms with E-state index in [-0.39, 0.29) is 13.0 Å². The molecule has 0 amide bonds. The summed E-state index contributed by atoms with van der Waals surface area (Å²) in [7, 11) is -1.76. The van der Waals surface area contributed by atoms with Gasteiger partial charge >= 0.3 is 5.69 Å². The molecule has 8 heteroatoms. The average Bonchev–Trinajstić information content (AvgIpc) is 3.19. The third kappa shape index (κ3) is 4.38. The highest BCUT2D eigenvalue weighted by molar-refractivity contribution is 7.86. The molecule has 4 aromatic rings. The number of aromatic amines is 1. The molecule has 1 aliphatic rings. The van der Waals surface area contributed by atoms with Crippen LogP contribution in [0.4, 0.5) is 4.39 Å². The van der Waals surface area contributed by atoms with Crippen molar-refractivity contribution in [2.45, 2.75) is 28.8 Å². The second-order valence-electron chi connectivity index (χ2n) is 8.70. The molecule has 5 rings (SSSR count). The van der Waals surface area contributed by atoms with E-state index in [2.05, 4.69) is 4.98 Å². The third-order valence-electron chi connectivity index (χ3n) is 6.52. The summed E-state index contributed by atoms with van der Waals surface area (Å²) in [5.41, 5.74) is 0.266. The van der Waals surface area contributed by atoms with Crippen LogP contribution in [0.25, 0.3) is 0 Å². The number of H-pyrrole nitrogens is 1. The van der Waals surface area contributed by atoms with E-state index in [1.165, 1.54) is 6.20 Å². The van der Waals surface area contributed by atoms with Crippen molar-refractivity contribution in [1.82, 2.24) is 9.55 Å². The Balaban J connectivity index is 1.53. The summed E-state index contributed by atoms with van der Waals surface area (Å²) in [6.07, 6.45) is -0.360. The monoisotopic (exact) mass is 504 g/mol. The van der Waals surface area contributed by atoms with Crippen molar-refractivity contribution in [2.24, 2.45) is 0 Å². The van der Waals surface area contributed by atoms with Gasteiger partial charge in [-0.2, -0.15) is 0 Å². The van der Waals surface area contributed by atoms with E-state index in [0.29, 0.717) is 0 Å². The lowest BCUT2D eigenvalue weighted by Crippen LogP contribution is -2.37. The Morgan fingerprint density at radius 2 is 1.36 bits per heavy atom. The Hall–Kier alpha value is -3.62. The Labute approximate surface area is 209 Å². The Morgan fingerprint density at radius 1 is 0.861 bits per heavy atom. The summed E-state index contributed by atoms with van der Waals surface area (Å²) in [6, 6.07) is 30.4. The standard InChI is InChI=1S/C28H25FN2O4S/c29-24-18-23(36(34)26(24)31-17-16-25(32)30-27(31)33)19-35-28(20-10-4-1-5-11-20,21-12-6-2-7-13-21)22-14-8-3-9-15-22/h1-17,23-24,26H,18-19H2,(H,30,32,33)/t23?,24-,26-,36?/m1/s1. The van der Waals surface area contributed by atoms with Crippen molar-refractivity contribution in [1.29, 1.82) is 0 Å². The minimum absolute atomic E-state index is 0.000315. The van der Waals surface area contributed by atoms with E-state index in [0.717, 1.165) is 27.3 Å². The van der Waals surface area contributed by atoms with Gasteiger partial charge < -0.3 is 4.74 Å². The van der Waals surface area contributed by atoms with Crippen molar-refractivity contribution >= 4 is 10.8 Å². The predicted molar refractivity (Wildman–Crippen MR) is 137 cm³/mol. The molecule has 2 heterocycles. The van der Waals surface area contributed by atoms with Crippen LogP contribution < -0.4 is 11.2 Å². The van der Waals surface area contributed by atoms with Crippen LogP contribution in [0.5, 0.6) is 0 Å². The molecule has 0 saturated carbocycles. The van der Waals surface area contributed by atoms with Gasteiger partial charge in [-0.25, -0.2) is 9.18 Å². The number of nitrogens with zero attached hydrogens (tertiary/aromatic N) is 1. The first-order chi connectivity index (χ1) is 17.5. The normalized spacial score (nSPS) is 21.9. The number of hydrogen-bond donors (Lipinski definition) is 1. The number of benzene rings is 3. The molecule has 3 aromatic carbocycles. The Bertz CT molecular complexity index is 1360. The lowest BCUT2D eigenvalue weighted by Gasteiger charge is -2.36. The molecule has 1 fully saturated rings. The Kier molecular flexibility index (Phi) is 6.80. The molecule has 1 saturated heterocycles. The van der Waals surface area contributed by atoms with Crippen LogP contribution in [0, 0.1) is 0 Å². The molecule has 2 unspecified atom stereocenters. The maximum absolute atomic E-state index is 15.1. The topological polar surface area (TPSA) is 81.2 Å². The maximum Gasteiger partial charge on any atom is 0.329 e. The average molecular weight is 505 g/mol. The molecule has 1 N–H and O–H groups in total. The molecule has 1 aliphatic heterocycles. The van der Waals surface area contributed by atoms with Crippen LogP contribution in [0.15, 0.2) is 113 Å². The molecule has 6 nitrogen and oxygen atoms in total. The van der Waals surface area contributed by atoms with Gasteiger partial charge in [0.25, 0.3) is 5.56 Å². The summed E-state index contributed by atoms with van der Waals surface area (Å²) in [4.78, 5) is 25.8. The number of aromatic nitrogens is 2. The van der Waals surface area contributed by atoms with Crippen LogP contribution in [-0.4, -0.2) is 31.8 Å². The van der Waals surface area contributed by atoms with Gasteiger partial charge in [0.1, 0.15) is 17.1 Å². The number of rotatable bonds is 7. The summed E-state index contributed by atoms with van der Waals surface area (Å²) in [5.74, 6) is 0. The van der Waals surface area contributed by atoms with E-state index in [1.807, 2.05) is 91.0 Å². The summed E-state index contributed by atoms with van der Waals surface area (Å²) < 4.78 is 36.3. The molecule has 36 heavy (non-hydrogen) atoms. The first-order valence-electron chi connectivity index (χ1n) is 11.7. The highest BCUT2D eigenvalue weighted by atomic mass is 32.2. The molecule has 0 spiro atoms. The van der Waals surface area contributed by atoms with Crippen molar-refractivity contribution in [3.8, 4) is 0 Å². The first kappa shape index (κ1) is 24.1. The van der Waals surface area contributed by atoms with Crippen LogP contribution in [0.2, 0.25) is 0 Å². The summed E-state index contributed by atoms with van der Waals surface area (Å²) >= 11 is 0. The number of ether oxygens (including phenoxy) is 1. The zero-order valence-electron chi connectivity index (χ0n) is 19.3. The zero-order valence-corrected chi connectivity index (χ0v) is 20.1. The van der Waals surface area contributed by atoms with Crippen molar-refractivity contribution in [2.75, 3.05) is 6.61 Å². The van der Waals surface area contributed by atoms with Gasteiger partial charge in [-0.3, -0.25) is 18.6 Å². The van der Waals surface area contributed by atoms with Gasteiger partial charge in [-0.05, 0) is 23.1 Å². The molecule has 1 aromatic heterocycles. The van der Waals surface area contributed by atoms with E-state index in [9.17, 15) is 13.8 Å². The van der Waals surface area contributed by atoms with Gasteiger partial charge in [0.05, 0.1) is 22.7 Å². The molecule has 0 radical (unpaired) electrons. The minimum atomic E-state index is -1.76. The highest BCUT2D eigenvalue weighted by Crippen LogP contribution is 2.42. The summed E-state index contributed by atoms with van der Waals surface area (Å²) in [6.45, 7) is 0.000315. The fraction of sp³-hybridized carbons (Fsp3) is 0.214. The maximum atomic E-state index is 15.1. The lowest BCUT2D eigenvalue weighted by atomic mass is 9.80. The van der Waals surface area contributed by atoms with Gasteiger partial charge in [-0.15, -0.1) is 0 Å². The van der Waals surface area contributed by atoms with Gasteiger partial charge in [0.15, 0.2) is 0 Å². The molecular formula is C28H25FN2O4S. The van der Waals surface area contributed by atoms with E-state index in [1.54, 1.807) is 0 Å². The Morgan fingerprint density at radius 3 is 1.83 bits per heavy atom. The van der Waals surface area contributed by atoms with Crippen LogP contribution in [0.3, 0.4) is 0 Å². The second kappa shape index (κ2) is 10.2. The second-order valence-corrected chi connectivity index (χ2v) is 10.5. The van der Waals surface area contributed by atoms with Gasteiger partial charge in [0, 0.05) is 12.3 Å². The molecule has 0 bridgehead atoms. The fourth-order valence-electron chi connectivity index (χ4n) is 4.84. The molecule has 0 aliphatic carbocycles. The van der Waals surface area contributed by atoms with E-state index in [4.69, 9.17) is 4.74 Å². The fourth-order valence-corrected chi connectivity index (χ4v) is 6.60. The van der Waals surface area contributed by atoms with Crippen molar-refractivity contribution in [3.63, 3.8) is 0 Å². The number of alkyl halides is 1. The van der Waals surface area contributed by atoms with Gasteiger partial charge in [-0.1, -0.05) is 91.0 Å². The quantitative estimate of drug-likeness (QED) is 0.387. The first-order valence-corrected chi connectivity index (χ1v) is 12.9. The van der Waals surface area contributed by atoms with Gasteiger partial charge in [0.2, 0.25) is 0 Å². The molecular weight excluding hydrogens is 479 g/mol.